The van der Waals surface area contributed by atoms with Crippen molar-refractivity contribution >= 4 is 16.9 Å². The quantitative estimate of drug-likeness (QED) is 0.649. The Morgan fingerprint density at radius 2 is 1.93 bits per heavy atom. The molecule has 1 unspecified atom stereocenters. The molecule has 3 aromatic heterocycles. The van der Waals surface area contributed by atoms with Crippen LogP contribution >= 0.6 is 0 Å². The van der Waals surface area contributed by atoms with Crippen LogP contribution in [0.2, 0.25) is 0 Å². The number of aromatic nitrogens is 5. The molecule has 1 atom stereocenters. The van der Waals surface area contributed by atoms with E-state index < -0.39 is 0 Å². The Balaban J connectivity index is 1.59. The molecule has 1 aliphatic carbocycles. The van der Waals surface area contributed by atoms with Crippen molar-refractivity contribution in [2.45, 2.75) is 71.4 Å². The molecule has 30 heavy (non-hydrogen) atoms. The van der Waals surface area contributed by atoms with Gasteiger partial charge in [-0.25, -0.2) is 19.6 Å². The first-order valence-corrected chi connectivity index (χ1v) is 11.0. The summed E-state index contributed by atoms with van der Waals surface area (Å²) < 4.78 is 1.88. The molecule has 1 amide bonds. The van der Waals surface area contributed by atoms with Crippen molar-refractivity contribution in [3.8, 4) is 0 Å². The monoisotopic (exact) mass is 406 g/mol. The molecular weight excluding hydrogens is 376 g/mol. The maximum absolute atomic E-state index is 13.2. The number of hydrogen-bond donors (Lipinski definition) is 1. The van der Waals surface area contributed by atoms with Crippen LogP contribution in [0, 0.1) is 12.8 Å². The van der Waals surface area contributed by atoms with Crippen molar-refractivity contribution in [1.29, 1.82) is 0 Å². The van der Waals surface area contributed by atoms with E-state index in [0.717, 1.165) is 17.5 Å². The van der Waals surface area contributed by atoms with E-state index in [1.165, 1.54) is 32.1 Å². The zero-order valence-electron chi connectivity index (χ0n) is 18.0. The summed E-state index contributed by atoms with van der Waals surface area (Å²) in [5, 5.41) is 8.50. The van der Waals surface area contributed by atoms with E-state index in [1.807, 2.05) is 17.7 Å². The Labute approximate surface area is 177 Å². The first kappa shape index (κ1) is 20.4. The van der Waals surface area contributed by atoms with E-state index in [-0.39, 0.29) is 18.0 Å². The number of rotatable bonds is 6. The fourth-order valence-corrected chi connectivity index (χ4v) is 4.39. The lowest BCUT2D eigenvalue weighted by atomic mass is 9.84. The van der Waals surface area contributed by atoms with Gasteiger partial charge in [0, 0.05) is 23.8 Å². The summed E-state index contributed by atoms with van der Waals surface area (Å²) in [6.45, 7) is 6.01. The molecule has 3 heterocycles. The molecule has 1 saturated carbocycles. The predicted octanol–water partition coefficient (Wildman–Crippen LogP) is 4.55. The number of nitrogens with zero attached hydrogens (tertiary/aromatic N) is 5. The summed E-state index contributed by atoms with van der Waals surface area (Å²) in [7, 11) is 0. The van der Waals surface area contributed by atoms with Crippen LogP contribution in [0.15, 0.2) is 30.7 Å². The van der Waals surface area contributed by atoms with Gasteiger partial charge in [0.15, 0.2) is 5.65 Å². The van der Waals surface area contributed by atoms with Crippen LogP contribution < -0.4 is 5.32 Å². The molecule has 7 heteroatoms. The summed E-state index contributed by atoms with van der Waals surface area (Å²) in [5.74, 6) is 1.14. The number of aryl methyl sites for hydroxylation is 1. The molecule has 0 bridgehead atoms. The van der Waals surface area contributed by atoms with Crippen LogP contribution in [0.3, 0.4) is 0 Å². The first-order chi connectivity index (χ1) is 14.5. The highest BCUT2D eigenvalue weighted by Crippen LogP contribution is 2.31. The Morgan fingerprint density at radius 1 is 1.20 bits per heavy atom. The van der Waals surface area contributed by atoms with Crippen molar-refractivity contribution in [1.82, 2.24) is 30.0 Å². The van der Waals surface area contributed by atoms with Crippen molar-refractivity contribution < 1.29 is 4.79 Å². The highest BCUT2D eigenvalue weighted by atomic mass is 16.1. The van der Waals surface area contributed by atoms with Gasteiger partial charge in [-0.2, -0.15) is 5.10 Å². The molecule has 0 spiro atoms. The molecule has 158 valence electrons. The highest BCUT2D eigenvalue weighted by Gasteiger charge is 2.25. The number of carbonyl (C=O) groups excluding carboxylic acids is 1. The molecule has 1 N–H and O–H groups in total. The predicted molar refractivity (Wildman–Crippen MR) is 116 cm³/mol. The van der Waals surface area contributed by atoms with Gasteiger partial charge >= 0.3 is 0 Å². The third kappa shape index (κ3) is 4.35. The molecule has 0 radical (unpaired) electrons. The van der Waals surface area contributed by atoms with Gasteiger partial charge < -0.3 is 5.32 Å². The maximum Gasteiger partial charge on any atom is 0.253 e. The third-order valence-electron chi connectivity index (χ3n) is 5.99. The van der Waals surface area contributed by atoms with Gasteiger partial charge in [-0.05, 0) is 45.2 Å². The fraction of sp³-hybridized carbons (Fsp3) is 0.522. The minimum absolute atomic E-state index is 0.132. The summed E-state index contributed by atoms with van der Waals surface area (Å²) in [4.78, 5) is 26.8. The van der Waals surface area contributed by atoms with Gasteiger partial charge in [-0.3, -0.25) is 4.79 Å². The van der Waals surface area contributed by atoms with Crippen molar-refractivity contribution in [2.24, 2.45) is 5.92 Å². The molecule has 0 saturated heterocycles. The standard InChI is InChI=1S/C23H30N6O/c1-15(2)29-22-18(14-26-29)13-19(16(3)27-22)23(30)28-20(21-24-10-7-11-25-21)12-17-8-5-4-6-9-17/h7,10-11,13-15,17,20H,4-6,8-9,12H2,1-3H3,(H,28,30). The SMILES string of the molecule is Cc1nc2c(cnn2C(C)C)cc1C(=O)NC(CC1CCCCC1)c1ncccn1. The average Bonchev–Trinajstić information content (AvgIpc) is 3.17. The molecule has 1 fully saturated rings. The lowest BCUT2D eigenvalue weighted by Gasteiger charge is -2.26. The second-order valence-electron chi connectivity index (χ2n) is 8.59. The largest absolute Gasteiger partial charge is 0.342 e. The Morgan fingerprint density at radius 3 is 2.63 bits per heavy atom. The summed E-state index contributed by atoms with van der Waals surface area (Å²) >= 11 is 0. The van der Waals surface area contributed by atoms with Crippen LogP contribution in [0.5, 0.6) is 0 Å². The van der Waals surface area contributed by atoms with E-state index in [1.54, 1.807) is 24.7 Å². The second-order valence-corrected chi connectivity index (χ2v) is 8.59. The number of nitrogens with one attached hydrogen (secondary N) is 1. The minimum atomic E-state index is -0.199. The first-order valence-electron chi connectivity index (χ1n) is 11.0. The summed E-state index contributed by atoms with van der Waals surface area (Å²) in [6.07, 6.45) is 12.4. The zero-order chi connectivity index (χ0) is 21.1. The van der Waals surface area contributed by atoms with E-state index in [9.17, 15) is 4.79 Å². The maximum atomic E-state index is 13.2. The minimum Gasteiger partial charge on any atom is -0.342 e. The molecule has 3 aromatic rings. The van der Waals surface area contributed by atoms with Crippen LogP contribution in [-0.2, 0) is 0 Å². The van der Waals surface area contributed by atoms with Crippen LogP contribution in [0.1, 0.15) is 86.3 Å². The van der Waals surface area contributed by atoms with Gasteiger partial charge in [-0.15, -0.1) is 0 Å². The Kier molecular flexibility index (Phi) is 6.06. The van der Waals surface area contributed by atoms with Crippen LogP contribution in [0.4, 0.5) is 0 Å². The van der Waals surface area contributed by atoms with Gasteiger partial charge in [-0.1, -0.05) is 32.1 Å². The smallest absolute Gasteiger partial charge is 0.253 e. The zero-order valence-corrected chi connectivity index (χ0v) is 18.0. The molecule has 4 rings (SSSR count). The van der Waals surface area contributed by atoms with E-state index in [4.69, 9.17) is 0 Å². The van der Waals surface area contributed by atoms with Crippen molar-refractivity contribution in [3.63, 3.8) is 0 Å². The summed E-state index contributed by atoms with van der Waals surface area (Å²) in [6, 6.07) is 3.71. The normalized spacial score (nSPS) is 16.1. The average molecular weight is 407 g/mol. The number of carbonyl (C=O) groups is 1. The van der Waals surface area contributed by atoms with Gasteiger partial charge in [0.05, 0.1) is 23.5 Å². The van der Waals surface area contributed by atoms with Crippen LogP contribution in [-0.4, -0.2) is 30.6 Å². The number of hydrogen-bond acceptors (Lipinski definition) is 5. The van der Waals surface area contributed by atoms with Gasteiger partial charge in [0.25, 0.3) is 5.91 Å². The Bertz CT molecular complexity index is 1010. The lowest BCUT2D eigenvalue weighted by Crippen LogP contribution is -2.32. The third-order valence-corrected chi connectivity index (χ3v) is 5.99. The van der Waals surface area contributed by atoms with E-state index >= 15 is 0 Å². The molecular formula is C23H30N6O. The highest BCUT2D eigenvalue weighted by molar-refractivity contribution is 5.98. The van der Waals surface area contributed by atoms with Crippen molar-refractivity contribution in [3.05, 3.63) is 47.8 Å². The second kappa shape index (κ2) is 8.90. The molecule has 7 nitrogen and oxygen atoms in total. The van der Waals surface area contributed by atoms with E-state index in [2.05, 4.69) is 39.2 Å². The topological polar surface area (TPSA) is 85.6 Å². The molecule has 0 aromatic carbocycles. The number of fused-ring (bicyclic) bond motifs is 1. The summed E-state index contributed by atoms with van der Waals surface area (Å²) in [5.41, 5.74) is 2.09. The number of pyridine rings is 1. The van der Waals surface area contributed by atoms with Crippen LogP contribution in [0.25, 0.3) is 11.0 Å². The number of amides is 1. The molecule has 0 aliphatic heterocycles. The van der Waals surface area contributed by atoms with Crippen molar-refractivity contribution in [2.75, 3.05) is 0 Å². The van der Waals surface area contributed by atoms with Gasteiger partial charge in [0.2, 0.25) is 0 Å². The fourth-order valence-electron chi connectivity index (χ4n) is 4.39. The van der Waals surface area contributed by atoms with E-state index in [0.29, 0.717) is 23.0 Å². The van der Waals surface area contributed by atoms with Gasteiger partial charge in [0.1, 0.15) is 5.82 Å². The molecule has 1 aliphatic rings. The lowest BCUT2D eigenvalue weighted by molar-refractivity contribution is 0.0925. The Hall–Kier alpha value is -2.83.